The number of Topliss-reactive ketones (excluding diaryl/α,β-unsaturated/α-hetero) is 1. The van der Waals surface area contributed by atoms with Gasteiger partial charge in [-0.2, -0.15) is 0 Å². The number of carbonyl (C=O) groups excluding carboxylic acids is 1. The summed E-state index contributed by atoms with van der Waals surface area (Å²) in [5.74, 6) is 1.28. The van der Waals surface area contributed by atoms with Crippen LogP contribution in [0.15, 0.2) is 17.4 Å². The van der Waals surface area contributed by atoms with Crippen molar-refractivity contribution in [2.45, 2.75) is 80.1 Å². The predicted octanol–water partition coefficient (Wildman–Crippen LogP) is 6.31. The molecule has 1 aliphatic carbocycles. The number of hydrogen-bond donors (Lipinski definition) is 2. The normalized spacial score (nSPS) is 22.5. The summed E-state index contributed by atoms with van der Waals surface area (Å²) in [6.45, 7) is 15.0. The minimum Gasteiger partial charge on any atom is -0.507 e. The van der Waals surface area contributed by atoms with E-state index in [9.17, 15) is 15.0 Å². The van der Waals surface area contributed by atoms with Crippen molar-refractivity contribution < 1.29 is 19.7 Å². The summed E-state index contributed by atoms with van der Waals surface area (Å²) in [5.41, 5.74) is 1.92. The largest absolute Gasteiger partial charge is 0.507 e. The van der Waals surface area contributed by atoms with Gasteiger partial charge in [0.1, 0.15) is 28.6 Å². The molecule has 1 aliphatic heterocycles. The molecule has 28 heavy (non-hydrogen) atoms. The second-order valence-electron chi connectivity index (χ2n) is 10.3. The molecular formula is C24H34O4. The molecule has 0 spiro atoms. The van der Waals surface area contributed by atoms with Crippen LogP contribution in [0.3, 0.4) is 0 Å². The highest BCUT2D eigenvalue weighted by Crippen LogP contribution is 2.59. The van der Waals surface area contributed by atoms with Crippen LogP contribution in [0.5, 0.6) is 17.2 Å². The number of allylic oxidation sites excluding steroid dienone is 2. The molecular weight excluding hydrogens is 352 g/mol. The zero-order chi connectivity index (χ0) is 21.0. The number of ether oxygens (including phenoxy) is 1. The van der Waals surface area contributed by atoms with E-state index in [-0.39, 0.29) is 46.0 Å². The quantitative estimate of drug-likeness (QED) is 0.595. The second-order valence-corrected chi connectivity index (χ2v) is 10.3. The van der Waals surface area contributed by atoms with Gasteiger partial charge in [0.2, 0.25) is 0 Å². The van der Waals surface area contributed by atoms with Crippen LogP contribution >= 0.6 is 0 Å². The third-order valence-corrected chi connectivity index (χ3v) is 6.07. The lowest BCUT2D eigenvalue weighted by atomic mass is 9.61. The van der Waals surface area contributed by atoms with E-state index in [4.69, 9.17) is 4.74 Å². The molecule has 4 heteroatoms. The molecule has 0 saturated heterocycles. The van der Waals surface area contributed by atoms with Crippen LogP contribution in [-0.4, -0.2) is 16.0 Å². The van der Waals surface area contributed by atoms with Crippen molar-refractivity contribution in [2.24, 2.45) is 16.7 Å². The second kappa shape index (κ2) is 6.82. The Bertz CT molecular complexity index is 843. The molecule has 1 heterocycles. The van der Waals surface area contributed by atoms with E-state index in [0.717, 1.165) is 25.0 Å². The van der Waals surface area contributed by atoms with Crippen LogP contribution in [0.4, 0.5) is 0 Å². The third kappa shape index (κ3) is 3.42. The summed E-state index contributed by atoms with van der Waals surface area (Å²) in [7, 11) is 0. The van der Waals surface area contributed by atoms with E-state index in [0.29, 0.717) is 17.2 Å². The maximum absolute atomic E-state index is 12.4. The van der Waals surface area contributed by atoms with Crippen molar-refractivity contribution in [1.82, 2.24) is 0 Å². The van der Waals surface area contributed by atoms with E-state index < -0.39 is 0 Å². The average Bonchev–Trinajstić information content (AvgIpc) is 2.53. The van der Waals surface area contributed by atoms with Gasteiger partial charge in [0, 0.05) is 29.4 Å². The summed E-state index contributed by atoms with van der Waals surface area (Å²) in [5, 5.41) is 21.5. The van der Waals surface area contributed by atoms with Crippen molar-refractivity contribution in [3.8, 4) is 17.2 Å². The molecule has 2 aliphatic rings. The summed E-state index contributed by atoms with van der Waals surface area (Å²) < 4.78 is 6.33. The standard InChI is InChI=1S/C24H34O4/c1-8-16(25)20-17(26)10-18-19(21(20)27)14(9-13(2)3)15-11-23(4,5)12-24(6,7)22(15)28-18/h10,13-14,26-27H,8-9,11-12H2,1-7H3. The van der Waals surface area contributed by atoms with Gasteiger partial charge in [-0.3, -0.25) is 4.79 Å². The number of ketones is 1. The lowest BCUT2D eigenvalue weighted by molar-refractivity contribution is 0.0981. The zero-order valence-electron chi connectivity index (χ0n) is 18.3. The molecule has 0 aromatic heterocycles. The molecule has 0 bridgehead atoms. The number of phenolic OH excluding ortho intramolecular Hbond substituents is 2. The fourth-order valence-corrected chi connectivity index (χ4v) is 5.39. The van der Waals surface area contributed by atoms with E-state index >= 15 is 0 Å². The van der Waals surface area contributed by atoms with Crippen molar-refractivity contribution in [1.29, 1.82) is 0 Å². The van der Waals surface area contributed by atoms with Gasteiger partial charge in [0.25, 0.3) is 0 Å². The van der Waals surface area contributed by atoms with E-state index in [2.05, 4.69) is 41.5 Å². The Hall–Kier alpha value is -1.97. The molecule has 0 radical (unpaired) electrons. The first-order valence-electron chi connectivity index (χ1n) is 10.4. The van der Waals surface area contributed by atoms with Crippen molar-refractivity contribution >= 4 is 5.78 Å². The van der Waals surface area contributed by atoms with Crippen LogP contribution in [0.1, 0.15) is 96.0 Å². The number of aromatic hydroxyl groups is 2. The summed E-state index contributed by atoms with van der Waals surface area (Å²) in [6, 6.07) is 1.52. The predicted molar refractivity (Wildman–Crippen MR) is 111 cm³/mol. The molecule has 0 amide bonds. The van der Waals surface area contributed by atoms with Crippen LogP contribution in [-0.2, 0) is 0 Å². The number of benzene rings is 1. The summed E-state index contributed by atoms with van der Waals surface area (Å²) in [6.07, 6.45) is 3.00. The highest BCUT2D eigenvalue weighted by molar-refractivity contribution is 6.02. The third-order valence-electron chi connectivity index (χ3n) is 6.07. The smallest absolute Gasteiger partial charge is 0.170 e. The first-order chi connectivity index (χ1) is 12.9. The van der Waals surface area contributed by atoms with Gasteiger partial charge in [-0.15, -0.1) is 0 Å². The molecule has 0 fully saturated rings. The monoisotopic (exact) mass is 386 g/mol. The lowest BCUT2D eigenvalue weighted by Gasteiger charge is -2.47. The number of fused-ring (bicyclic) bond motifs is 1. The highest BCUT2D eigenvalue weighted by atomic mass is 16.5. The lowest BCUT2D eigenvalue weighted by Crippen LogP contribution is -2.37. The van der Waals surface area contributed by atoms with E-state index in [1.165, 1.54) is 11.6 Å². The van der Waals surface area contributed by atoms with Crippen molar-refractivity contribution in [3.63, 3.8) is 0 Å². The van der Waals surface area contributed by atoms with Crippen molar-refractivity contribution in [2.75, 3.05) is 0 Å². The number of phenols is 2. The SMILES string of the molecule is CCC(=O)c1c(O)cc2c(c1O)C(CC(C)C)C1=C(O2)C(C)(C)CC(C)(C)C1. The van der Waals surface area contributed by atoms with Gasteiger partial charge >= 0.3 is 0 Å². The minimum atomic E-state index is -0.259. The fourth-order valence-electron chi connectivity index (χ4n) is 5.39. The van der Waals surface area contributed by atoms with Crippen LogP contribution in [0.2, 0.25) is 0 Å². The topological polar surface area (TPSA) is 66.8 Å². The Labute approximate surface area is 168 Å². The first-order valence-corrected chi connectivity index (χ1v) is 10.4. The Morgan fingerprint density at radius 1 is 1.25 bits per heavy atom. The molecule has 154 valence electrons. The molecule has 4 nitrogen and oxygen atoms in total. The Morgan fingerprint density at radius 2 is 1.89 bits per heavy atom. The molecule has 1 aromatic rings. The van der Waals surface area contributed by atoms with E-state index in [1.54, 1.807) is 6.92 Å². The Kier molecular flexibility index (Phi) is 5.06. The van der Waals surface area contributed by atoms with Gasteiger partial charge < -0.3 is 14.9 Å². The molecule has 1 unspecified atom stereocenters. The van der Waals surface area contributed by atoms with Crippen LogP contribution < -0.4 is 4.74 Å². The number of carbonyl (C=O) groups is 1. The average molecular weight is 387 g/mol. The number of hydrogen-bond acceptors (Lipinski definition) is 4. The van der Waals surface area contributed by atoms with E-state index in [1.807, 2.05) is 0 Å². The summed E-state index contributed by atoms with van der Waals surface area (Å²) >= 11 is 0. The Balaban J connectivity index is 2.26. The molecule has 3 rings (SSSR count). The number of rotatable bonds is 4. The van der Waals surface area contributed by atoms with Gasteiger partial charge in [0.15, 0.2) is 5.78 Å². The van der Waals surface area contributed by atoms with Crippen LogP contribution in [0.25, 0.3) is 0 Å². The summed E-state index contributed by atoms with van der Waals surface area (Å²) in [4.78, 5) is 12.4. The minimum absolute atomic E-state index is 0.0124. The van der Waals surface area contributed by atoms with Gasteiger partial charge in [-0.1, -0.05) is 48.5 Å². The zero-order valence-corrected chi connectivity index (χ0v) is 18.3. The van der Waals surface area contributed by atoms with Crippen LogP contribution in [0, 0.1) is 16.7 Å². The maximum atomic E-state index is 12.4. The van der Waals surface area contributed by atoms with Gasteiger partial charge in [0.05, 0.1) is 0 Å². The highest BCUT2D eigenvalue weighted by Gasteiger charge is 2.46. The first kappa shape index (κ1) is 20.8. The molecule has 1 aromatic carbocycles. The Morgan fingerprint density at radius 3 is 2.46 bits per heavy atom. The van der Waals surface area contributed by atoms with Gasteiger partial charge in [-0.05, 0) is 36.2 Å². The van der Waals surface area contributed by atoms with Crippen molar-refractivity contribution in [3.05, 3.63) is 28.5 Å². The van der Waals surface area contributed by atoms with Gasteiger partial charge in [-0.25, -0.2) is 0 Å². The maximum Gasteiger partial charge on any atom is 0.170 e. The molecule has 2 N–H and O–H groups in total. The fraction of sp³-hybridized carbons (Fsp3) is 0.625. The molecule has 1 atom stereocenters. The molecule has 0 saturated carbocycles.